The van der Waals surface area contributed by atoms with Gasteiger partial charge in [-0.1, -0.05) is 42.7 Å². The first kappa shape index (κ1) is 19.1. The Morgan fingerprint density at radius 3 is 3.00 bits per heavy atom. The quantitative estimate of drug-likeness (QED) is 0.450. The summed E-state index contributed by atoms with van der Waals surface area (Å²) in [4.78, 5) is 21.4. The number of nitrogens with one attached hydrogen (secondary N) is 2. The molecule has 1 amide bonds. The van der Waals surface area contributed by atoms with Crippen molar-refractivity contribution in [1.29, 1.82) is 0 Å². The van der Waals surface area contributed by atoms with Crippen LogP contribution >= 0.6 is 11.6 Å². The number of rotatable bonds is 3. The number of aromatic amines is 1. The highest BCUT2D eigenvalue weighted by molar-refractivity contribution is 6.35. The highest BCUT2D eigenvalue weighted by Crippen LogP contribution is 2.37. The predicted octanol–water partition coefficient (Wildman–Crippen LogP) is 5.60. The van der Waals surface area contributed by atoms with E-state index in [1.807, 2.05) is 39.0 Å². The molecule has 0 spiro atoms. The van der Waals surface area contributed by atoms with Gasteiger partial charge in [0.25, 0.3) is 11.6 Å². The van der Waals surface area contributed by atoms with Crippen molar-refractivity contribution in [3.63, 3.8) is 0 Å². The summed E-state index contributed by atoms with van der Waals surface area (Å²) >= 11 is 6.40. The highest BCUT2D eigenvalue weighted by atomic mass is 35.5. The minimum absolute atomic E-state index is 0.101. The zero-order valence-corrected chi connectivity index (χ0v) is 17.9. The standard InChI is InChI=1S/C23H23ClN4O2/c1-11(2)18-10-15(19-12(3)28-30-23(19)26-18)22(29)25-17-9-5-7-14-13-6-4-8-16(24)20(13)27-21(14)17/h4,6,8,10-11,17,27H,5,7,9H2,1-3H3,(H,25,29). The number of fused-ring (bicyclic) bond motifs is 4. The van der Waals surface area contributed by atoms with Gasteiger partial charge >= 0.3 is 0 Å². The Bertz CT molecular complexity index is 1290. The number of carbonyl (C=O) groups is 1. The lowest BCUT2D eigenvalue weighted by Crippen LogP contribution is -2.31. The minimum Gasteiger partial charge on any atom is -0.355 e. The summed E-state index contributed by atoms with van der Waals surface area (Å²) in [6.07, 6.45) is 2.85. The highest BCUT2D eigenvalue weighted by Gasteiger charge is 2.28. The SMILES string of the molecule is Cc1noc2nc(C(C)C)cc(C(=O)NC3CCCc4c3[nH]c3c(Cl)cccc43)c12. The van der Waals surface area contributed by atoms with E-state index in [1.165, 1.54) is 5.56 Å². The molecule has 0 bridgehead atoms. The lowest BCUT2D eigenvalue weighted by molar-refractivity contribution is 0.0933. The molecule has 0 saturated carbocycles. The van der Waals surface area contributed by atoms with Crippen LogP contribution in [0, 0.1) is 6.92 Å². The van der Waals surface area contributed by atoms with Crippen LogP contribution in [0.15, 0.2) is 28.8 Å². The molecule has 3 heterocycles. The number of pyridine rings is 1. The summed E-state index contributed by atoms with van der Waals surface area (Å²) in [5, 5.41) is 9.77. The van der Waals surface area contributed by atoms with Crippen LogP contribution in [0.4, 0.5) is 0 Å². The molecule has 2 N–H and O–H groups in total. The van der Waals surface area contributed by atoms with Crippen LogP contribution in [0.2, 0.25) is 5.02 Å². The molecule has 4 aromatic rings. The molecule has 1 aliphatic rings. The second-order valence-corrected chi connectivity index (χ2v) is 8.70. The maximum Gasteiger partial charge on any atom is 0.259 e. The van der Waals surface area contributed by atoms with Crippen molar-refractivity contribution < 1.29 is 9.32 Å². The molecule has 1 atom stereocenters. The van der Waals surface area contributed by atoms with Crippen LogP contribution in [-0.2, 0) is 6.42 Å². The zero-order chi connectivity index (χ0) is 21.0. The molecule has 0 fully saturated rings. The number of aryl methyl sites for hydroxylation is 2. The maximum atomic E-state index is 13.4. The molecule has 154 valence electrons. The molecular weight excluding hydrogens is 400 g/mol. The topological polar surface area (TPSA) is 83.8 Å². The number of carbonyl (C=O) groups excluding carboxylic acids is 1. The van der Waals surface area contributed by atoms with E-state index >= 15 is 0 Å². The number of nitrogens with zero attached hydrogens (tertiary/aromatic N) is 2. The smallest absolute Gasteiger partial charge is 0.259 e. The number of halogens is 1. The molecule has 1 unspecified atom stereocenters. The van der Waals surface area contributed by atoms with Gasteiger partial charge in [-0.15, -0.1) is 0 Å². The first-order valence-electron chi connectivity index (χ1n) is 10.3. The normalized spacial score (nSPS) is 16.4. The van der Waals surface area contributed by atoms with Crippen LogP contribution in [0.1, 0.15) is 71.7 Å². The summed E-state index contributed by atoms with van der Waals surface area (Å²) in [6.45, 7) is 5.92. The van der Waals surface area contributed by atoms with E-state index in [-0.39, 0.29) is 17.9 Å². The van der Waals surface area contributed by atoms with Gasteiger partial charge in [-0.3, -0.25) is 4.79 Å². The van der Waals surface area contributed by atoms with Gasteiger partial charge in [0.1, 0.15) is 0 Å². The summed E-state index contributed by atoms with van der Waals surface area (Å²) < 4.78 is 5.37. The predicted molar refractivity (Wildman–Crippen MR) is 117 cm³/mol. The van der Waals surface area contributed by atoms with E-state index < -0.39 is 0 Å². The number of hydrogen-bond donors (Lipinski definition) is 2. The first-order chi connectivity index (χ1) is 14.4. The minimum atomic E-state index is -0.141. The van der Waals surface area contributed by atoms with E-state index in [0.717, 1.165) is 41.6 Å². The Hall–Kier alpha value is -2.86. The Morgan fingerprint density at radius 1 is 1.37 bits per heavy atom. The molecule has 1 aliphatic carbocycles. The fraction of sp³-hybridized carbons (Fsp3) is 0.348. The Labute approximate surface area is 179 Å². The van der Waals surface area contributed by atoms with Crippen LogP contribution in [0.5, 0.6) is 0 Å². The summed E-state index contributed by atoms with van der Waals surface area (Å²) in [5.74, 6) is 0.0293. The van der Waals surface area contributed by atoms with Gasteiger partial charge in [0.15, 0.2) is 0 Å². The number of benzene rings is 1. The Kier molecular flexibility index (Phi) is 4.54. The molecule has 0 radical (unpaired) electrons. The van der Waals surface area contributed by atoms with Gasteiger partial charge in [0, 0.05) is 16.8 Å². The van der Waals surface area contributed by atoms with Crippen LogP contribution in [-0.4, -0.2) is 21.0 Å². The summed E-state index contributed by atoms with van der Waals surface area (Å²) in [7, 11) is 0. The van der Waals surface area contributed by atoms with Crippen molar-refractivity contribution >= 4 is 39.5 Å². The molecule has 6 nitrogen and oxygen atoms in total. The van der Waals surface area contributed by atoms with E-state index in [4.69, 9.17) is 16.1 Å². The number of amides is 1. The van der Waals surface area contributed by atoms with Crippen molar-refractivity contribution in [2.75, 3.05) is 0 Å². The van der Waals surface area contributed by atoms with Crippen molar-refractivity contribution in [2.45, 2.75) is 52.0 Å². The largest absolute Gasteiger partial charge is 0.355 e. The second-order valence-electron chi connectivity index (χ2n) is 8.30. The molecule has 1 aromatic carbocycles. The lowest BCUT2D eigenvalue weighted by Gasteiger charge is -2.24. The van der Waals surface area contributed by atoms with Gasteiger partial charge in [-0.05, 0) is 49.8 Å². The molecule has 5 rings (SSSR count). The maximum absolute atomic E-state index is 13.4. The average molecular weight is 423 g/mol. The third-order valence-electron chi connectivity index (χ3n) is 5.97. The number of aromatic nitrogens is 3. The third kappa shape index (κ3) is 2.98. The zero-order valence-electron chi connectivity index (χ0n) is 17.2. The number of para-hydroxylation sites is 1. The lowest BCUT2D eigenvalue weighted by atomic mass is 9.91. The number of hydrogen-bond acceptors (Lipinski definition) is 4. The van der Waals surface area contributed by atoms with Crippen LogP contribution < -0.4 is 5.32 Å². The Balaban J connectivity index is 1.55. The molecule has 0 saturated heterocycles. The van der Waals surface area contributed by atoms with Crippen molar-refractivity contribution in [2.24, 2.45) is 0 Å². The monoisotopic (exact) mass is 422 g/mol. The van der Waals surface area contributed by atoms with Gasteiger partial charge in [0.05, 0.1) is 33.2 Å². The number of H-pyrrole nitrogens is 1. The van der Waals surface area contributed by atoms with Crippen molar-refractivity contribution in [1.82, 2.24) is 20.4 Å². The van der Waals surface area contributed by atoms with E-state index in [9.17, 15) is 4.79 Å². The molecule has 3 aromatic heterocycles. The van der Waals surface area contributed by atoms with Gasteiger partial charge in [-0.25, -0.2) is 4.98 Å². The van der Waals surface area contributed by atoms with Crippen molar-refractivity contribution in [3.05, 3.63) is 57.5 Å². The van der Waals surface area contributed by atoms with Gasteiger partial charge < -0.3 is 14.8 Å². The summed E-state index contributed by atoms with van der Waals surface area (Å²) in [6, 6.07) is 7.70. The fourth-order valence-electron chi connectivity index (χ4n) is 4.42. The fourth-order valence-corrected chi connectivity index (χ4v) is 4.64. The molecular formula is C23H23ClN4O2. The first-order valence-corrected chi connectivity index (χ1v) is 10.7. The van der Waals surface area contributed by atoms with E-state index in [1.54, 1.807) is 0 Å². The van der Waals surface area contributed by atoms with Gasteiger partial charge in [0.2, 0.25) is 0 Å². The second kappa shape index (κ2) is 7.13. The third-order valence-corrected chi connectivity index (χ3v) is 6.28. The average Bonchev–Trinajstić information content (AvgIpc) is 3.30. The van der Waals surface area contributed by atoms with Crippen LogP contribution in [0.3, 0.4) is 0 Å². The molecule has 30 heavy (non-hydrogen) atoms. The van der Waals surface area contributed by atoms with E-state index in [2.05, 4.69) is 26.5 Å². The Morgan fingerprint density at radius 2 is 2.20 bits per heavy atom. The van der Waals surface area contributed by atoms with Crippen LogP contribution in [0.25, 0.3) is 22.0 Å². The van der Waals surface area contributed by atoms with Crippen molar-refractivity contribution in [3.8, 4) is 0 Å². The molecule has 7 heteroatoms. The van der Waals surface area contributed by atoms with Gasteiger partial charge in [-0.2, -0.15) is 0 Å². The van der Waals surface area contributed by atoms with E-state index in [0.29, 0.717) is 27.4 Å². The summed E-state index contributed by atoms with van der Waals surface area (Å²) in [5.41, 5.74) is 5.68. The molecule has 0 aliphatic heterocycles.